The Hall–Kier alpha value is -0.900. The van der Waals surface area contributed by atoms with Crippen LogP contribution in [0.3, 0.4) is 0 Å². The van der Waals surface area contributed by atoms with Gasteiger partial charge >= 0.3 is 5.97 Å². The second-order valence-electron chi connectivity index (χ2n) is 4.60. The van der Waals surface area contributed by atoms with Crippen molar-refractivity contribution < 1.29 is 19.4 Å². The van der Waals surface area contributed by atoms with Gasteiger partial charge in [0.25, 0.3) is 0 Å². The Morgan fingerprint density at radius 1 is 1.33 bits per heavy atom. The molecule has 0 aromatic carbocycles. The monoisotopic (exact) mass is 216 g/mol. The van der Waals surface area contributed by atoms with E-state index in [1.54, 1.807) is 27.7 Å². The van der Waals surface area contributed by atoms with Crippen molar-refractivity contribution in [3.05, 3.63) is 0 Å². The van der Waals surface area contributed by atoms with Crippen molar-refractivity contribution in [2.45, 2.75) is 40.7 Å². The zero-order valence-corrected chi connectivity index (χ0v) is 10.0. The summed E-state index contributed by atoms with van der Waals surface area (Å²) >= 11 is 0. The lowest BCUT2D eigenvalue weighted by atomic mass is 9.81. The highest BCUT2D eigenvalue weighted by Crippen LogP contribution is 2.22. The van der Waals surface area contributed by atoms with E-state index in [-0.39, 0.29) is 12.4 Å². The minimum atomic E-state index is -1.36. The van der Waals surface area contributed by atoms with E-state index in [9.17, 15) is 14.7 Å². The summed E-state index contributed by atoms with van der Waals surface area (Å²) in [6.07, 6.45) is -1.36. The lowest BCUT2D eigenvalue weighted by Gasteiger charge is -2.24. The van der Waals surface area contributed by atoms with Crippen molar-refractivity contribution in [2.75, 3.05) is 6.61 Å². The molecule has 0 aromatic rings. The van der Waals surface area contributed by atoms with Gasteiger partial charge in [-0.05, 0) is 6.92 Å². The smallest absolute Gasteiger partial charge is 0.335 e. The molecule has 4 nitrogen and oxygen atoms in total. The van der Waals surface area contributed by atoms with E-state index < -0.39 is 23.4 Å². The van der Waals surface area contributed by atoms with Gasteiger partial charge in [0.15, 0.2) is 6.10 Å². The molecule has 0 saturated carbocycles. The first-order chi connectivity index (χ1) is 6.71. The van der Waals surface area contributed by atoms with Crippen LogP contribution in [0.15, 0.2) is 0 Å². The van der Waals surface area contributed by atoms with Crippen LogP contribution >= 0.6 is 0 Å². The molecule has 2 atom stereocenters. The second-order valence-corrected chi connectivity index (χ2v) is 4.60. The number of hydrogen-bond acceptors (Lipinski definition) is 4. The predicted molar refractivity (Wildman–Crippen MR) is 56.3 cm³/mol. The van der Waals surface area contributed by atoms with Gasteiger partial charge in [-0.15, -0.1) is 0 Å². The maximum atomic E-state index is 11.7. The van der Waals surface area contributed by atoms with Gasteiger partial charge in [-0.25, -0.2) is 4.79 Å². The third kappa shape index (κ3) is 4.00. The van der Waals surface area contributed by atoms with Gasteiger partial charge < -0.3 is 9.84 Å². The fourth-order valence-electron chi connectivity index (χ4n) is 1.26. The molecular weight excluding hydrogens is 196 g/mol. The summed E-state index contributed by atoms with van der Waals surface area (Å²) in [6.45, 7) is 8.65. The second kappa shape index (κ2) is 5.26. The molecule has 0 rings (SSSR count). The molecule has 0 aliphatic heterocycles. The Morgan fingerprint density at radius 3 is 2.13 bits per heavy atom. The first kappa shape index (κ1) is 14.1. The van der Waals surface area contributed by atoms with Crippen molar-refractivity contribution >= 4 is 11.8 Å². The van der Waals surface area contributed by atoms with Gasteiger partial charge in [0.1, 0.15) is 5.78 Å². The highest BCUT2D eigenvalue weighted by Gasteiger charge is 2.35. The van der Waals surface area contributed by atoms with Crippen molar-refractivity contribution in [3.8, 4) is 0 Å². The molecule has 0 heterocycles. The average Bonchev–Trinajstić information content (AvgIpc) is 2.13. The van der Waals surface area contributed by atoms with Crippen LogP contribution in [0.1, 0.15) is 34.6 Å². The summed E-state index contributed by atoms with van der Waals surface area (Å²) in [4.78, 5) is 22.9. The van der Waals surface area contributed by atoms with E-state index in [1.807, 2.05) is 0 Å². The van der Waals surface area contributed by atoms with Crippen LogP contribution < -0.4 is 0 Å². The number of ketones is 1. The number of carbonyl (C=O) groups is 2. The van der Waals surface area contributed by atoms with E-state index >= 15 is 0 Å². The Bertz CT molecular complexity index is 239. The summed E-state index contributed by atoms with van der Waals surface area (Å²) in [6, 6.07) is 0. The number of hydrogen-bond donors (Lipinski definition) is 1. The molecule has 0 radical (unpaired) electrons. The van der Waals surface area contributed by atoms with Gasteiger partial charge in [0, 0.05) is 5.41 Å². The summed E-state index contributed by atoms with van der Waals surface area (Å²) in [5, 5.41) is 9.56. The average molecular weight is 216 g/mol. The molecule has 0 aliphatic rings. The molecule has 2 unspecified atom stereocenters. The Kier molecular flexibility index (Phi) is 4.94. The molecule has 4 heteroatoms. The number of aliphatic hydroxyl groups is 1. The van der Waals surface area contributed by atoms with Crippen LogP contribution in [0.5, 0.6) is 0 Å². The first-order valence-electron chi connectivity index (χ1n) is 5.10. The van der Waals surface area contributed by atoms with Crippen LogP contribution in [-0.2, 0) is 14.3 Å². The summed E-state index contributed by atoms with van der Waals surface area (Å²) in [5.74, 6) is -1.62. The third-order valence-corrected chi connectivity index (χ3v) is 2.15. The fourth-order valence-corrected chi connectivity index (χ4v) is 1.26. The normalized spacial score (nSPS) is 15.6. The van der Waals surface area contributed by atoms with Crippen molar-refractivity contribution in [1.29, 1.82) is 0 Å². The van der Waals surface area contributed by atoms with Crippen LogP contribution in [0, 0.1) is 11.3 Å². The standard InChI is InChI=1S/C11H20O4/c1-6-15-10(14)8(12)7(2)9(13)11(3,4)5/h7-8,12H,6H2,1-5H3. The number of esters is 1. The highest BCUT2D eigenvalue weighted by molar-refractivity contribution is 5.90. The quantitative estimate of drug-likeness (QED) is 0.716. The zero-order chi connectivity index (χ0) is 12.2. The minimum absolute atomic E-state index is 0.150. The lowest BCUT2D eigenvalue weighted by molar-refractivity contribution is -0.159. The summed E-state index contributed by atoms with van der Waals surface area (Å²) in [5.41, 5.74) is -0.563. The van der Waals surface area contributed by atoms with Crippen LogP contribution in [0.4, 0.5) is 0 Å². The third-order valence-electron chi connectivity index (χ3n) is 2.15. The maximum Gasteiger partial charge on any atom is 0.335 e. The topological polar surface area (TPSA) is 63.6 Å². The molecule has 0 fully saturated rings. The largest absolute Gasteiger partial charge is 0.464 e. The fraction of sp³-hybridized carbons (Fsp3) is 0.818. The molecule has 88 valence electrons. The van der Waals surface area contributed by atoms with Gasteiger partial charge in [0.2, 0.25) is 0 Å². The van der Waals surface area contributed by atoms with Gasteiger partial charge in [0.05, 0.1) is 12.5 Å². The van der Waals surface area contributed by atoms with E-state index in [1.165, 1.54) is 6.92 Å². The lowest BCUT2D eigenvalue weighted by Crippen LogP contribution is -2.39. The molecule has 0 spiro atoms. The number of rotatable bonds is 4. The number of ether oxygens (including phenoxy) is 1. The van der Waals surface area contributed by atoms with Gasteiger partial charge in [-0.3, -0.25) is 4.79 Å². The Labute approximate surface area is 90.6 Å². The van der Waals surface area contributed by atoms with E-state index in [4.69, 9.17) is 0 Å². The zero-order valence-electron chi connectivity index (χ0n) is 10.0. The van der Waals surface area contributed by atoms with Crippen molar-refractivity contribution in [1.82, 2.24) is 0 Å². The predicted octanol–water partition coefficient (Wildman–Crippen LogP) is 1.16. The molecule has 0 saturated heterocycles. The molecular formula is C11H20O4. The summed E-state index contributed by atoms with van der Waals surface area (Å²) in [7, 11) is 0. The van der Waals surface area contributed by atoms with Crippen molar-refractivity contribution in [2.24, 2.45) is 11.3 Å². The van der Waals surface area contributed by atoms with E-state index in [0.29, 0.717) is 0 Å². The number of Topliss-reactive ketones (excluding diaryl/α,β-unsaturated/α-hetero) is 1. The SMILES string of the molecule is CCOC(=O)C(O)C(C)C(=O)C(C)(C)C. The van der Waals surface area contributed by atoms with Gasteiger partial charge in [-0.1, -0.05) is 27.7 Å². The highest BCUT2D eigenvalue weighted by atomic mass is 16.5. The van der Waals surface area contributed by atoms with E-state index in [2.05, 4.69) is 4.74 Å². The van der Waals surface area contributed by atoms with Crippen LogP contribution in [0.25, 0.3) is 0 Å². The molecule has 0 aliphatic carbocycles. The molecule has 0 amide bonds. The van der Waals surface area contributed by atoms with Crippen molar-refractivity contribution in [3.63, 3.8) is 0 Å². The van der Waals surface area contributed by atoms with Crippen LogP contribution in [-0.4, -0.2) is 29.6 Å². The molecule has 0 aromatic heterocycles. The van der Waals surface area contributed by atoms with Gasteiger partial charge in [-0.2, -0.15) is 0 Å². The molecule has 1 N–H and O–H groups in total. The van der Waals surface area contributed by atoms with Crippen LogP contribution in [0.2, 0.25) is 0 Å². The molecule has 15 heavy (non-hydrogen) atoms. The first-order valence-corrected chi connectivity index (χ1v) is 5.10. The Morgan fingerprint density at radius 2 is 1.80 bits per heavy atom. The number of aliphatic hydroxyl groups excluding tert-OH is 1. The number of carbonyl (C=O) groups excluding carboxylic acids is 2. The Balaban J connectivity index is 4.51. The maximum absolute atomic E-state index is 11.7. The minimum Gasteiger partial charge on any atom is -0.464 e. The van der Waals surface area contributed by atoms with E-state index in [0.717, 1.165) is 0 Å². The summed E-state index contributed by atoms with van der Waals surface area (Å²) < 4.78 is 4.65. The molecule has 0 bridgehead atoms.